The van der Waals surface area contributed by atoms with E-state index in [1.807, 2.05) is 0 Å². The molecule has 0 rings (SSSR count). The Balaban J connectivity index is 3.09. The molecule has 83 valence electrons. The Labute approximate surface area is 87.7 Å². The third-order valence-corrected chi connectivity index (χ3v) is 2.39. The molecule has 1 radical (unpaired) electrons. The van der Waals surface area contributed by atoms with E-state index in [4.69, 9.17) is 0 Å². The van der Waals surface area contributed by atoms with Crippen LogP contribution in [0, 0.1) is 5.92 Å². The monoisotopic (exact) mass is 199 g/mol. The second-order valence-electron chi connectivity index (χ2n) is 4.39. The predicted molar refractivity (Wildman–Crippen MR) is 58.9 cm³/mol. The molecule has 1 N–H and O–H groups in total. The predicted octanol–water partition coefficient (Wildman–Crippen LogP) is 2.84. The van der Waals surface area contributed by atoms with Crippen LogP contribution in [-0.2, 0) is 4.79 Å². The molecule has 0 saturated carbocycles. The zero-order chi connectivity index (χ0) is 10.8. The van der Waals surface area contributed by atoms with Crippen molar-refractivity contribution >= 4 is 6.29 Å². The number of aliphatic hydroxyl groups excluding tert-OH is 1. The fraction of sp³-hybridized carbons (Fsp3) is 0.917. The third kappa shape index (κ3) is 9.72. The van der Waals surface area contributed by atoms with Crippen LogP contribution in [0.4, 0.5) is 0 Å². The van der Waals surface area contributed by atoms with Crippen LogP contribution in [0.5, 0.6) is 0 Å². The van der Waals surface area contributed by atoms with E-state index in [0.717, 1.165) is 18.8 Å². The van der Waals surface area contributed by atoms with Crippen LogP contribution < -0.4 is 0 Å². The Morgan fingerprint density at radius 2 is 1.64 bits per heavy atom. The lowest BCUT2D eigenvalue weighted by Gasteiger charge is -2.06. The summed E-state index contributed by atoms with van der Waals surface area (Å²) in [5.41, 5.74) is 0. The van der Waals surface area contributed by atoms with Crippen LogP contribution in [0.3, 0.4) is 0 Å². The van der Waals surface area contributed by atoms with E-state index in [1.165, 1.54) is 25.7 Å². The van der Waals surface area contributed by atoms with Crippen molar-refractivity contribution in [2.24, 2.45) is 5.92 Å². The van der Waals surface area contributed by atoms with E-state index < -0.39 is 6.10 Å². The lowest BCUT2D eigenvalue weighted by atomic mass is 10.0. The van der Waals surface area contributed by atoms with Gasteiger partial charge in [-0.3, -0.25) is 4.79 Å². The van der Waals surface area contributed by atoms with Gasteiger partial charge in [-0.15, -0.1) is 0 Å². The minimum Gasteiger partial charge on any atom is -0.393 e. The van der Waals surface area contributed by atoms with Gasteiger partial charge in [0.15, 0.2) is 0 Å². The van der Waals surface area contributed by atoms with Gasteiger partial charge < -0.3 is 5.11 Å². The molecule has 0 aliphatic heterocycles. The molecule has 14 heavy (non-hydrogen) atoms. The molecule has 2 nitrogen and oxygen atoms in total. The number of carbonyl (C=O) groups excluding carboxylic acids is 1. The molecule has 0 aliphatic carbocycles. The minimum absolute atomic E-state index is 0.173. The Bertz CT molecular complexity index is 132. The average Bonchev–Trinajstić information content (AvgIpc) is 2.11. The zero-order valence-electron chi connectivity index (χ0n) is 9.46. The average molecular weight is 199 g/mol. The number of unbranched alkanes of at least 4 members (excludes halogenated alkanes) is 3. The summed E-state index contributed by atoms with van der Waals surface area (Å²) in [7, 11) is 0. The number of rotatable bonds is 9. The van der Waals surface area contributed by atoms with Gasteiger partial charge in [0.25, 0.3) is 0 Å². The number of hydrogen-bond acceptors (Lipinski definition) is 2. The van der Waals surface area contributed by atoms with Crippen molar-refractivity contribution in [1.29, 1.82) is 0 Å². The summed E-state index contributed by atoms with van der Waals surface area (Å²) in [6, 6.07) is 0. The molecule has 0 spiro atoms. The highest BCUT2D eigenvalue weighted by atomic mass is 16.3. The maximum Gasteiger partial charge on any atom is 0.201 e. The quantitative estimate of drug-likeness (QED) is 0.580. The molecule has 0 aliphatic rings. The Hall–Kier alpha value is -0.370. The van der Waals surface area contributed by atoms with Crippen LogP contribution in [0.1, 0.15) is 58.8 Å². The number of hydrogen-bond donors (Lipinski definition) is 1. The molecule has 0 aromatic heterocycles. The van der Waals surface area contributed by atoms with Gasteiger partial charge in [0, 0.05) is 6.42 Å². The smallest absolute Gasteiger partial charge is 0.201 e. The molecule has 1 atom stereocenters. The lowest BCUT2D eigenvalue weighted by Crippen LogP contribution is -2.06. The Morgan fingerprint density at radius 1 is 1.07 bits per heavy atom. The molecule has 1 unspecified atom stereocenters. The molecule has 0 aromatic rings. The van der Waals surface area contributed by atoms with Gasteiger partial charge in [-0.1, -0.05) is 46.0 Å². The van der Waals surface area contributed by atoms with Crippen LogP contribution in [0.15, 0.2) is 0 Å². The van der Waals surface area contributed by atoms with Crippen molar-refractivity contribution < 1.29 is 9.90 Å². The van der Waals surface area contributed by atoms with Crippen molar-refractivity contribution in [3.05, 3.63) is 0 Å². The Kier molecular flexibility index (Phi) is 8.95. The third-order valence-electron chi connectivity index (χ3n) is 2.39. The molecule has 0 aromatic carbocycles. The molecular formula is C12H23O2. The highest BCUT2D eigenvalue weighted by Crippen LogP contribution is 2.11. The molecule has 2 heteroatoms. The largest absolute Gasteiger partial charge is 0.393 e. The van der Waals surface area contributed by atoms with Crippen molar-refractivity contribution in [2.75, 3.05) is 0 Å². The molecular weight excluding hydrogens is 176 g/mol. The SMILES string of the molecule is CC(C)CCCCCCC(O)C[C]=O. The van der Waals surface area contributed by atoms with Crippen LogP contribution in [-0.4, -0.2) is 17.5 Å². The number of aliphatic hydroxyl groups is 1. The first-order chi connectivity index (χ1) is 6.66. The summed E-state index contributed by atoms with van der Waals surface area (Å²) in [5, 5.41) is 9.23. The van der Waals surface area contributed by atoms with Crippen molar-refractivity contribution in [1.82, 2.24) is 0 Å². The fourth-order valence-electron chi connectivity index (χ4n) is 1.48. The van der Waals surface area contributed by atoms with E-state index in [0.29, 0.717) is 0 Å². The van der Waals surface area contributed by atoms with Crippen LogP contribution in [0.25, 0.3) is 0 Å². The minimum atomic E-state index is -0.461. The molecule has 0 amide bonds. The van der Waals surface area contributed by atoms with E-state index in [-0.39, 0.29) is 6.42 Å². The first-order valence-corrected chi connectivity index (χ1v) is 5.70. The topological polar surface area (TPSA) is 37.3 Å². The maximum absolute atomic E-state index is 9.94. The van der Waals surface area contributed by atoms with E-state index in [2.05, 4.69) is 13.8 Å². The first kappa shape index (κ1) is 13.6. The normalized spacial score (nSPS) is 13.1. The second-order valence-corrected chi connectivity index (χ2v) is 4.39. The van der Waals surface area contributed by atoms with E-state index >= 15 is 0 Å². The highest BCUT2D eigenvalue weighted by Gasteiger charge is 2.02. The van der Waals surface area contributed by atoms with Crippen molar-refractivity contribution in [3.8, 4) is 0 Å². The molecule has 0 bridgehead atoms. The van der Waals surface area contributed by atoms with Gasteiger partial charge in [0.2, 0.25) is 6.29 Å². The van der Waals surface area contributed by atoms with Crippen molar-refractivity contribution in [2.45, 2.75) is 64.9 Å². The summed E-state index contributed by atoms with van der Waals surface area (Å²) in [4.78, 5) is 9.94. The van der Waals surface area contributed by atoms with Gasteiger partial charge in [-0.25, -0.2) is 0 Å². The highest BCUT2D eigenvalue weighted by molar-refractivity contribution is 5.51. The summed E-state index contributed by atoms with van der Waals surface area (Å²) >= 11 is 0. The standard InChI is InChI=1S/C12H23O2/c1-11(2)7-5-3-4-6-8-12(14)9-10-13/h11-12,14H,3-9H2,1-2H3. The van der Waals surface area contributed by atoms with Gasteiger partial charge in [0.1, 0.15) is 0 Å². The van der Waals surface area contributed by atoms with Crippen LogP contribution in [0.2, 0.25) is 0 Å². The summed E-state index contributed by atoms with van der Waals surface area (Å²) < 4.78 is 0. The first-order valence-electron chi connectivity index (χ1n) is 5.70. The maximum atomic E-state index is 9.94. The lowest BCUT2D eigenvalue weighted by molar-refractivity contribution is 0.167. The van der Waals surface area contributed by atoms with Crippen LogP contribution >= 0.6 is 0 Å². The van der Waals surface area contributed by atoms with Crippen molar-refractivity contribution in [3.63, 3.8) is 0 Å². The zero-order valence-corrected chi connectivity index (χ0v) is 9.46. The van der Waals surface area contributed by atoms with E-state index in [9.17, 15) is 9.90 Å². The summed E-state index contributed by atoms with van der Waals surface area (Å²) in [6.45, 7) is 4.48. The van der Waals surface area contributed by atoms with Gasteiger partial charge >= 0.3 is 0 Å². The molecule has 0 fully saturated rings. The Morgan fingerprint density at radius 3 is 2.14 bits per heavy atom. The second kappa shape index (κ2) is 9.20. The van der Waals surface area contributed by atoms with Gasteiger partial charge in [-0.05, 0) is 12.3 Å². The summed E-state index contributed by atoms with van der Waals surface area (Å²) in [5.74, 6) is 0.797. The fourth-order valence-corrected chi connectivity index (χ4v) is 1.48. The summed E-state index contributed by atoms with van der Waals surface area (Å²) in [6.07, 6.45) is 8.22. The van der Waals surface area contributed by atoms with E-state index in [1.54, 1.807) is 6.29 Å². The van der Waals surface area contributed by atoms with Gasteiger partial charge in [0.05, 0.1) is 6.10 Å². The molecule has 0 heterocycles. The molecule has 0 saturated heterocycles. The van der Waals surface area contributed by atoms with Gasteiger partial charge in [-0.2, -0.15) is 0 Å².